The van der Waals surface area contributed by atoms with E-state index in [1.165, 1.54) is 25.7 Å². The summed E-state index contributed by atoms with van der Waals surface area (Å²) in [4.78, 5) is 2.34. The molecule has 0 unspecified atom stereocenters. The predicted octanol–water partition coefficient (Wildman–Crippen LogP) is 1.90. The van der Waals surface area contributed by atoms with Crippen LogP contribution in [0, 0.1) is 0 Å². The van der Waals surface area contributed by atoms with Crippen molar-refractivity contribution >= 4 is 0 Å². The van der Waals surface area contributed by atoms with Crippen LogP contribution in [0.2, 0.25) is 0 Å². The van der Waals surface area contributed by atoms with Crippen molar-refractivity contribution in [1.29, 1.82) is 0 Å². The molecule has 1 aliphatic carbocycles. The van der Waals surface area contributed by atoms with Gasteiger partial charge in [0.25, 0.3) is 0 Å². The summed E-state index contributed by atoms with van der Waals surface area (Å²) in [5.74, 6) is 0. The Morgan fingerprint density at radius 1 is 1.33 bits per heavy atom. The molecule has 0 spiro atoms. The zero-order chi connectivity index (χ0) is 9.03. The first kappa shape index (κ1) is 10.0. The molecule has 12 heavy (non-hydrogen) atoms. The minimum Gasteiger partial charge on any atom is -0.377 e. The molecule has 2 heteroatoms. The third-order valence-corrected chi connectivity index (χ3v) is 3.05. The Balaban J connectivity index is 2.43. The topological polar surface area (TPSA) is 12.5 Å². The van der Waals surface area contributed by atoms with Gasteiger partial charge in [-0.05, 0) is 26.4 Å². The summed E-state index contributed by atoms with van der Waals surface area (Å²) < 4.78 is 5.63. The number of hydrogen-bond acceptors (Lipinski definition) is 2. The van der Waals surface area contributed by atoms with Crippen molar-refractivity contribution in [3.63, 3.8) is 0 Å². The monoisotopic (exact) mass is 171 g/mol. The Morgan fingerprint density at radius 3 is 2.33 bits per heavy atom. The molecule has 0 amide bonds. The second-order valence-corrected chi connectivity index (χ2v) is 3.92. The maximum Gasteiger partial charge on any atom is 0.0804 e. The van der Waals surface area contributed by atoms with E-state index >= 15 is 0 Å². The molecular formula is C10H21NO. The number of ether oxygens (including phenoxy) is 1. The van der Waals surface area contributed by atoms with Crippen molar-refractivity contribution < 1.29 is 4.74 Å². The molecule has 0 N–H and O–H groups in total. The van der Waals surface area contributed by atoms with E-state index in [9.17, 15) is 0 Å². The van der Waals surface area contributed by atoms with E-state index in [4.69, 9.17) is 4.74 Å². The second kappa shape index (κ2) is 4.24. The summed E-state index contributed by atoms with van der Waals surface area (Å²) in [6.45, 7) is 4.41. The van der Waals surface area contributed by atoms with Crippen LogP contribution in [-0.2, 0) is 4.74 Å². The summed E-state index contributed by atoms with van der Waals surface area (Å²) >= 11 is 0. The highest BCUT2D eigenvalue weighted by Gasteiger charge is 2.34. The van der Waals surface area contributed by atoms with Crippen LogP contribution in [0.5, 0.6) is 0 Å². The number of methoxy groups -OCH3 is 1. The smallest absolute Gasteiger partial charge is 0.0804 e. The van der Waals surface area contributed by atoms with E-state index in [1.54, 1.807) is 0 Å². The molecular weight excluding hydrogens is 150 g/mol. The first-order valence-corrected chi connectivity index (χ1v) is 4.96. The lowest BCUT2D eigenvalue weighted by Crippen LogP contribution is -2.40. The Labute approximate surface area is 75.9 Å². The Kier molecular flexibility index (Phi) is 3.53. The third kappa shape index (κ3) is 2.20. The lowest BCUT2D eigenvalue weighted by Gasteiger charge is -2.31. The van der Waals surface area contributed by atoms with Gasteiger partial charge in [-0.15, -0.1) is 0 Å². The van der Waals surface area contributed by atoms with Crippen LogP contribution in [0.3, 0.4) is 0 Å². The molecule has 0 aliphatic heterocycles. The van der Waals surface area contributed by atoms with Gasteiger partial charge in [0.2, 0.25) is 0 Å². The molecule has 0 bridgehead atoms. The number of nitrogens with zero attached hydrogens (tertiary/aromatic N) is 1. The second-order valence-electron chi connectivity index (χ2n) is 3.92. The molecule has 0 saturated heterocycles. The molecule has 1 saturated carbocycles. The fourth-order valence-electron chi connectivity index (χ4n) is 2.05. The predicted molar refractivity (Wildman–Crippen MR) is 51.4 cm³/mol. The van der Waals surface area contributed by atoms with Crippen molar-refractivity contribution in [3.05, 3.63) is 0 Å². The first-order valence-electron chi connectivity index (χ1n) is 4.96. The highest BCUT2D eigenvalue weighted by atomic mass is 16.5. The summed E-state index contributed by atoms with van der Waals surface area (Å²) in [6.07, 6.45) is 5.17. The lowest BCUT2D eigenvalue weighted by atomic mass is 10.0. The third-order valence-electron chi connectivity index (χ3n) is 3.05. The van der Waals surface area contributed by atoms with Crippen molar-refractivity contribution in [1.82, 2.24) is 4.90 Å². The van der Waals surface area contributed by atoms with Gasteiger partial charge < -0.3 is 9.64 Å². The molecule has 1 rings (SSSR count). The Hall–Kier alpha value is -0.0800. The lowest BCUT2D eigenvalue weighted by molar-refractivity contribution is -0.0256. The van der Waals surface area contributed by atoms with Crippen LogP contribution < -0.4 is 0 Å². The Bertz CT molecular complexity index is 130. The van der Waals surface area contributed by atoms with Gasteiger partial charge >= 0.3 is 0 Å². The number of rotatable bonds is 4. The zero-order valence-corrected chi connectivity index (χ0v) is 8.60. The minimum absolute atomic E-state index is 0.185. The summed E-state index contributed by atoms with van der Waals surface area (Å²) in [7, 11) is 4.02. The Morgan fingerprint density at radius 2 is 1.92 bits per heavy atom. The van der Waals surface area contributed by atoms with Gasteiger partial charge in [0.05, 0.1) is 5.60 Å². The van der Waals surface area contributed by atoms with E-state index in [-0.39, 0.29) is 5.60 Å². The molecule has 0 aromatic rings. The van der Waals surface area contributed by atoms with E-state index in [2.05, 4.69) is 18.9 Å². The van der Waals surface area contributed by atoms with Gasteiger partial charge in [-0.3, -0.25) is 0 Å². The fraction of sp³-hybridized carbons (Fsp3) is 1.00. The average Bonchev–Trinajstić information content (AvgIpc) is 2.54. The standard InChI is InChI=1S/C10H21NO/c1-4-11(2)9-10(12-3)7-5-6-8-10/h4-9H2,1-3H3. The molecule has 1 fully saturated rings. The van der Waals surface area contributed by atoms with Crippen LogP contribution in [0.1, 0.15) is 32.6 Å². The van der Waals surface area contributed by atoms with Crippen molar-refractivity contribution in [3.8, 4) is 0 Å². The van der Waals surface area contributed by atoms with Gasteiger partial charge in [0.15, 0.2) is 0 Å². The van der Waals surface area contributed by atoms with E-state index in [1.807, 2.05) is 7.11 Å². The normalized spacial score (nSPS) is 22.0. The van der Waals surface area contributed by atoms with Crippen LogP contribution >= 0.6 is 0 Å². The van der Waals surface area contributed by atoms with E-state index in [0.29, 0.717) is 0 Å². The van der Waals surface area contributed by atoms with Crippen LogP contribution in [0.25, 0.3) is 0 Å². The molecule has 72 valence electrons. The van der Waals surface area contributed by atoms with Crippen LogP contribution in [0.4, 0.5) is 0 Å². The van der Waals surface area contributed by atoms with Gasteiger partial charge in [0.1, 0.15) is 0 Å². The summed E-state index contributed by atoms with van der Waals surface area (Å²) in [5, 5.41) is 0. The molecule has 0 aromatic heterocycles. The van der Waals surface area contributed by atoms with Gasteiger partial charge in [0, 0.05) is 13.7 Å². The number of hydrogen-bond donors (Lipinski definition) is 0. The number of likely N-dealkylation sites (N-methyl/N-ethyl adjacent to an activating group) is 1. The zero-order valence-electron chi connectivity index (χ0n) is 8.60. The largest absolute Gasteiger partial charge is 0.377 e. The van der Waals surface area contributed by atoms with Crippen molar-refractivity contribution in [2.24, 2.45) is 0 Å². The van der Waals surface area contributed by atoms with Gasteiger partial charge in [-0.25, -0.2) is 0 Å². The molecule has 0 aromatic carbocycles. The van der Waals surface area contributed by atoms with E-state index in [0.717, 1.165) is 13.1 Å². The first-order chi connectivity index (χ1) is 5.72. The quantitative estimate of drug-likeness (QED) is 0.640. The minimum atomic E-state index is 0.185. The highest BCUT2D eigenvalue weighted by molar-refractivity contribution is 4.88. The van der Waals surface area contributed by atoms with Crippen molar-refractivity contribution in [2.75, 3.05) is 27.2 Å². The van der Waals surface area contributed by atoms with E-state index < -0.39 is 0 Å². The van der Waals surface area contributed by atoms with Crippen molar-refractivity contribution in [2.45, 2.75) is 38.2 Å². The fourth-order valence-corrected chi connectivity index (χ4v) is 2.05. The SMILES string of the molecule is CCN(C)CC1(OC)CCCC1. The van der Waals surface area contributed by atoms with Gasteiger partial charge in [-0.2, -0.15) is 0 Å². The maximum atomic E-state index is 5.63. The highest BCUT2D eigenvalue weighted by Crippen LogP contribution is 2.32. The van der Waals surface area contributed by atoms with Crippen LogP contribution in [-0.4, -0.2) is 37.7 Å². The molecule has 0 heterocycles. The summed E-state index contributed by atoms with van der Waals surface area (Å²) in [6, 6.07) is 0. The average molecular weight is 171 g/mol. The maximum absolute atomic E-state index is 5.63. The van der Waals surface area contributed by atoms with Gasteiger partial charge in [-0.1, -0.05) is 19.8 Å². The summed E-state index contributed by atoms with van der Waals surface area (Å²) in [5.41, 5.74) is 0.185. The molecule has 0 radical (unpaired) electrons. The molecule has 1 aliphatic rings. The molecule has 2 nitrogen and oxygen atoms in total. The van der Waals surface area contributed by atoms with Crippen LogP contribution in [0.15, 0.2) is 0 Å². The molecule has 0 atom stereocenters.